The first kappa shape index (κ1) is 19.7. The molecule has 3 N–H and O–H groups in total. The molecular weight excluding hydrogens is 358 g/mol. The lowest BCUT2D eigenvalue weighted by atomic mass is 10.1. The SMILES string of the molecule is COc1cccc(NC(=O)COc2ccc(C(=O)N3CCCC(N)C3)cc2)c1. The number of nitrogens with two attached hydrogens (primary N) is 1. The summed E-state index contributed by atoms with van der Waals surface area (Å²) in [4.78, 5) is 26.4. The minimum Gasteiger partial charge on any atom is -0.497 e. The van der Waals surface area contributed by atoms with Crippen LogP contribution in [0.3, 0.4) is 0 Å². The number of anilines is 1. The number of hydrogen-bond donors (Lipinski definition) is 2. The Kier molecular flexibility index (Phi) is 6.49. The van der Waals surface area contributed by atoms with E-state index in [1.54, 1.807) is 60.5 Å². The second kappa shape index (κ2) is 9.23. The highest BCUT2D eigenvalue weighted by Crippen LogP contribution is 2.18. The summed E-state index contributed by atoms with van der Waals surface area (Å²) >= 11 is 0. The van der Waals surface area contributed by atoms with Crippen LogP contribution in [0.1, 0.15) is 23.2 Å². The molecule has 0 aromatic heterocycles. The molecule has 1 saturated heterocycles. The molecule has 0 radical (unpaired) electrons. The largest absolute Gasteiger partial charge is 0.497 e. The minimum atomic E-state index is -0.282. The number of amides is 2. The summed E-state index contributed by atoms with van der Waals surface area (Å²) in [5.41, 5.74) is 7.16. The predicted octanol–water partition coefficient (Wildman–Crippen LogP) is 2.28. The summed E-state index contributed by atoms with van der Waals surface area (Å²) in [7, 11) is 1.57. The Bertz CT molecular complexity index is 823. The average Bonchev–Trinajstić information content (AvgIpc) is 2.72. The van der Waals surface area contributed by atoms with Gasteiger partial charge in [0.1, 0.15) is 11.5 Å². The molecule has 1 heterocycles. The van der Waals surface area contributed by atoms with Crippen molar-refractivity contribution in [3.05, 3.63) is 54.1 Å². The van der Waals surface area contributed by atoms with Gasteiger partial charge in [0.2, 0.25) is 0 Å². The number of piperidine rings is 1. The average molecular weight is 383 g/mol. The molecule has 1 aliphatic heterocycles. The van der Waals surface area contributed by atoms with Crippen LogP contribution in [-0.4, -0.2) is 49.6 Å². The first-order chi connectivity index (χ1) is 13.5. The third kappa shape index (κ3) is 5.23. The smallest absolute Gasteiger partial charge is 0.262 e. The molecule has 1 atom stereocenters. The summed E-state index contributed by atoms with van der Waals surface area (Å²) in [5.74, 6) is 0.870. The van der Waals surface area contributed by atoms with E-state index < -0.39 is 0 Å². The maximum Gasteiger partial charge on any atom is 0.262 e. The second-order valence-electron chi connectivity index (χ2n) is 6.75. The second-order valence-corrected chi connectivity index (χ2v) is 6.75. The van der Waals surface area contributed by atoms with Crippen LogP contribution >= 0.6 is 0 Å². The number of benzene rings is 2. The third-order valence-corrected chi connectivity index (χ3v) is 4.57. The Balaban J connectivity index is 1.51. The topological polar surface area (TPSA) is 93.9 Å². The monoisotopic (exact) mass is 383 g/mol. The molecule has 3 rings (SSSR count). The van der Waals surface area contributed by atoms with Crippen LogP contribution in [0.25, 0.3) is 0 Å². The van der Waals surface area contributed by atoms with Gasteiger partial charge in [-0.3, -0.25) is 9.59 Å². The molecule has 7 nitrogen and oxygen atoms in total. The molecule has 2 amide bonds. The van der Waals surface area contributed by atoms with Crippen molar-refractivity contribution in [2.24, 2.45) is 5.73 Å². The van der Waals surface area contributed by atoms with Gasteiger partial charge in [-0.05, 0) is 49.2 Å². The van der Waals surface area contributed by atoms with Crippen molar-refractivity contribution in [1.29, 1.82) is 0 Å². The predicted molar refractivity (Wildman–Crippen MR) is 107 cm³/mol. The first-order valence-corrected chi connectivity index (χ1v) is 9.27. The Hall–Kier alpha value is -3.06. The van der Waals surface area contributed by atoms with E-state index in [9.17, 15) is 9.59 Å². The summed E-state index contributed by atoms with van der Waals surface area (Å²) < 4.78 is 10.6. The number of carbonyl (C=O) groups is 2. The van der Waals surface area contributed by atoms with Crippen LogP contribution in [-0.2, 0) is 4.79 Å². The maximum absolute atomic E-state index is 12.5. The highest BCUT2D eigenvalue weighted by atomic mass is 16.5. The highest BCUT2D eigenvalue weighted by Gasteiger charge is 2.22. The van der Waals surface area contributed by atoms with E-state index in [0.29, 0.717) is 29.3 Å². The fourth-order valence-electron chi connectivity index (χ4n) is 3.12. The number of nitrogens with zero attached hydrogens (tertiary/aromatic N) is 1. The van der Waals surface area contributed by atoms with E-state index in [1.807, 2.05) is 0 Å². The lowest BCUT2D eigenvalue weighted by molar-refractivity contribution is -0.118. The molecule has 148 valence electrons. The van der Waals surface area contributed by atoms with Crippen LogP contribution in [0.2, 0.25) is 0 Å². The molecule has 28 heavy (non-hydrogen) atoms. The quantitative estimate of drug-likeness (QED) is 0.798. The third-order valence-electron chi connectivity index (χ3n) is 4.57. The van der Waals surface area contributed by atoms with Crippen molar-refractivity contribution in [1.82, 2.24) is 4.90 Å². The molecule has 0 saturated carbocycles. The fraction of sp³-hybridized carbons (Fsp3) is 0.333. The van der Waals surface area contributed by atoms with Crippen LogP contribution in [0.4, 0.5) is 5.69 Å². The zero-order valence-electron chi connectivity index (χ0n) is 15.9. The molecule has 1 aliphatic rings. The minimum absolute atomic E-state index is 0.0301. The van der Waals surface area contributed by atoms with E-state index in [0.717, 1.165) is 19.4 Å². The normalized spacial score (nSPS) is 16.4. The molecule has 2 aromatic carbocycles. The number of rotatable bonds is 6. The number of methoxy groups -OCH3 is 1. The van der Waals surface area contributed by atoms with Crippen molar-refractivity contribution >= 4 is 17.5 Å². The number of likely N-dealkylation sites (tertiary alicyclic amines) is 1. The Morgan fingerprint density at radius 1 is 1.18 bits per heavy atom. The summed E-state index contributed by atoms with van der Waals surface area (Å²) in [6.45, 7) is 1.18. The van der Waals surface area contributed by atoms with Gasteiger partial charge in [-0.25, -0.2) is 0 Å². The Labute approximate surface area is 164 Å². The van der Waals surface area contributed by atoms with Gasteiger partial charge < -0.3 is 25.4 Å². The van der Waals surface area contributed by atoms with E-state index in [1.165, 1.54) is 0 Å². The van der Waals surface area contributed by atoms with Gasteiger partial charge in [0.25, 0.3) is 11.8 Å². The van der Waals surface area contributed by atoms with E-state index in [-0.39, 0.29) is 24.5 Å². The van der Waals surface area contributed by atoms with Crippen LogP contribution < -0.4 is 20.5 Å². The molecule has 0 aliphatic carbocycles. The van der Waals surface area contributed by atoms with E-state index in [4.69, 9.17) is 15.2 Å². The summed E-state index contributed by atoms with van der Waals surface area (Å²) in [6.07, 6.45) is 1.88. The molecule has 1 unspecified atom stereocenters. The van der Waals surface area contributed by atoms with Gasteiger partial charge in [0.15, 0.2) is 6.61 Å². The van der Waals surface area contributed by atoms with Crippen molar-refractivity contribution in [2.45, 2.75) is 18.9 Å². The molecule has 7 heteroatoms. The molecular formula is C21H25N3O4. The van der Waals surface area contributed by atoms with Gasteiger partial charge >= 0.3 is 0 Å². The van der Waals surface area contributed by atoms with E-state index >= 15 is 0 Å². The molecule has 0 bridgehead atoms. The Morgan fingerprint density at radius 3 is 2.68 bits per heavy atom. The number of ether oxygens (including phenoxy) is 2. The van der Waals surface area contributed by atoms with Crippen molar-refractivity contribution in [2.75, 3.05) is 32.1 Å². The van der Waals surface area contributed by atoms with Gasteiger partial charge in [-0.2, -0.15) is 0 Å². The number of hydrogen-bond acceptors (Lipinski definition) is 5. The number of nitrogens with one attached hydrogen (secondary N) is 1. The van der Waals surface area contributed by atoms with Crippen molar-refractivity contribution in [3.8, 4) is 11.5 Å². The molecule has 2 aromatic rings. The van der Waals surface area contributed by atoms with Crippen LogP contribution in [0, 0.1) is 0 Å². The van der Waals surface area contributed by atoms with Gasteiger partial charge in [-0.15, -0.1) is 0 Å². The van der Waals surface area contributed by atoms with Gasteiger partial charge in [0, 0.05) is 36.4 Å². The van der Waals surface area contributed by atoms with Crippen LogP contribution in [0.15, 0.2) is 48.5 Å². The summed E-state index contributed by atoms with van der Waals surface area (Å²) in [6, 6.07) is 13.9. The van der Waals surface area contributed by atoms with Gasteiger partial charge in [-0.1, -0.05) is 6.07 Å². The number of carbonyl (C=O) groups excluding carboxylic acids is 2. The van der Waals surface area contributed by atoms with Gasteiger partial charge in [0.05, 0.1) is 7.11 Å². The zero-order chi connectivity index (χ0) is 19.9. The summed E-state index contributed by atoms with van der Waals surface area (Å²) in [5, 5.41) is 2.75. The Morgan fingerprint density at radius 2 is 1.96 bits per heavy atom. The fourth-order valence-corrected chi connectivity index (χ4v) is 3.12. The van der Waals surface area contributed by atoms with E-state index in [2.05, 4.69) is 5.32 Å². The lowest BCUT2D eigenvalue weighted by Crippen LogP contribution is -2.45. The maximum atomic E-state index is 12.5. The molecule has 1 fully saturated rings. The lowest BCUT2D eigenvalue weighted by Gasteiger charge is -2.30. The standard InChI is InChI=1S/C21H25N3O4/c1-27-19-6-2-5-17(12-19)23-20(25)14-28-18-9-7-15(8-10-18)21(26)24-11-3-4-16(22)13-24/h2,5-10,12,16H,3-4,11,13-14,22H2,1H3,(H,23,25). The molecule has 0 spiro atoms. The highest BCUT2D eigenvalue weighted by molar-refractivity contribution is 5.94. The van der Waals surface area contributed by atoms with Crippen molar-refractivity contribution in [3.63, 3.8) is 0 Å². The first-order valence-electron chi connectivity index (χ1n) is 9.27. The zero-order valence-corrected chi connectivity index (χ0v) is 15.9. The van der Waals surface area contributed by atoms with Crippen LogP contribution in [0.5, 0.6) is 11.5 Å². The van der Waals surface area contributed by atoms with Crippen molar-refractivity contribution < 1.29 is 19.1 Å².